The number of benzene rings is 2. The van der Waals surface area contributed by atoms with Crippen LogP contribution in [0.15, 0.2) is 66.7 Å². The number of amides is 5. The van der Waals surface area contributed by atoms with Crippen LogP contribution < -0.4 is 21.7 Å². The molecule has 0 radical (unpaired) electrons. The largest absolute Gasteiger partial charge is 0.389 e. The van der Waals surface area contributed by atoms with Crippen LogP contribution in [0.4, 0.5) is 4.79 Å². The van der Waals surface area contributed by atoms with Crippen LogP contribution in [0.25, 0.3) is 10.9 Å². The van der Waals surface area contributed by atoms with Gasteiger partial charge in [-0.1, -0.05) is 75.4 Å². The van der Waals surface area contributed by atoms with E-state index in [1.54, 1.807) is 18.2 Å². The Bertz CT molecular complexity index is 1480. The van der Waals surface area contributed by atoms with E-state index >= 15 is 0 Å². The van der Waals surface area contributed by atoms with Crippen molar-refractivity contribution in [2.75, 3.05) is 13.1 Å². The third-order valence-corrected chi connectivity index (χ3v) is 6.79. The number of primary amides is 1. The van der Waals surface area contributed by atoms with Crippen LogP contribution in [0.3, 0.4) is 0 Å². The second-order valence-electron chi connectivity index (χ2n) is 13.6. The first-order valence-electron chi connectivity index (χ1n) is 15.1. The van der Waals surface area contributed by atoms with Gasteiger partial charge in [-0.3, -0.25) is 14.4 Å². The van der Waals surface area contributed by atoms with Crippen molar-refractivity contribution in [3.05, 3.63) is 78.0 Å². The Hall–Kier alpha value is -4.51. The van der Waals surface area contributed by atoms with E-state index in [2.05, 4.69) is 20.9 Å². The Kier molecular flexibility index (Phi) is 11.6. The average Bonchev–Trinajstić information content (AvgIpc) is 2.94. The SMILES string of the molecule is CC(C)(C)CN(C[C@H](O)[C@H](Cc1ccccc1)NC(=O)[C@@H](CC(N)=O)NC(=O)c1ccc2ccccc2n1)C(=O)NC(C)(C)C. The number of nitrogens with zero attached hydrogens (tertiary/aromatic N) is 2. The number of carbonyl (C=O) groups excluding carboxylic acids is 4. The molecule has 0 aliphatic rings. The lowest BCUT2D eigenvalue weighted by Gasteiger charge is -2.36. The van der Waals surface area contributed by atoms with Gasteiger partial charge >= 0.3 is 6.03 Å². The zero-order valence-electron chi connectivity index (χ0n) is 27.0. The fourth-order valence-electron chi connectivity index (χ4n) is 4.81. The van der Waals surface area contributed by atoms with E-state index < -0.39 is 47.9 Å². The Morgan fingerprint density at radius 1 is 0.889 bits per heavy atom. The Morgan fingerprint density at radius 3 is 2.16 bits per heavy atom. The molecule has 0 unspecified atom stereocenters. The topological polar surface area (TPSA) is 167 Å². The van der Waals surface area contributed by atoms with E-state index in [1.165, 1.54) is 11.0 Å². The van der Waals surface area contributed by atoms with Crippen LogP contribution in [0.2, 0.25) is 0 Å². The quantitative estimate of drug-likeness (QED) is 0.209. The molecule has 11 heteroatoms. The molecule has 3 aromatic rings. The summed E-state index contributed by atoms with van der Waals surface area (Å²) in [6.45, 7) is 11.8. The van der Waals surface area contributed by atoms with Gasteiger partial charge in [0, 0.05) is 17.5 Å². The number of rotatable bonds is 12. The van der Waals surface area contributed by atoms with Gasteiger partial charge in [0.25, 0.3) is 5.91 Å². The lowest BCUT2D eigenvalue weighted by Crippen LogP contribution is -2.58. The van der Waals surface area contributed by atoms with Crippen molar-refractivity contribution in [1.82, 2.24) is 25.8 Å². The molecule has 0 aliphatic heterocycles. The van der Waals surface area contributed by atoms with Gasteiger partial charge in [0.05, 0.1) is 30.6 Å². The number of nitrogens with two attached hydrogens (primary N) is 1. The Balaban J connectivity index is 1.85. The highest BCUT2D eigenvalue weighted by Gasteiger charge is 2.32. The second-order valence-corrected chi connectivity index (χ2v) is 13.6. The highest BCUT2D eigenvalue weighted by atomic mass is 16.3. The molecule has 2 aromatic carbocycles. The summed E-state index contributed by atoms with van der Waals surface area (Å²) in [7, 11) is 0. The average molecular weight is 619 g/mol. The standard InChI is InChI=1S/C34H46N6O5/c1-33(2,3)21-40(32(45)39-34(4,5)6)20-28(41)26(18-22-12-8-7-9-13-22)37-31(44)27(19-29(35)42)38-30(43)25-17-16-23-14-10-11-15-24(23)36-25/h7-17,26-28,41H,18-21H2,1-6H3,(H2,35,42)(H,37,44)(H,38,43)(H,39,45)/t26-,27+,28-/m0/s1. The molecule has 45 heavy (non-hydrogen) atoms. The molecular weight excluding hydrogens is 572 g/mol. The molecule has 3 rings (SSSR count). The number of aliphatic hydroxyl groups excluding tert-OH is 1. The van der Waals surface area contributed by atoms with Gasteiger partial charge in [-0.05, 0) is 50.3 Å². The van der Waals surface area contributed by atoms with Crippen molar-refractivity contribution >= 4 is 34.7 Å². The molecule has 1 aromatic heterocycles. The molecule has 5 amide bonds. The molecule has 1 heterocycles. The van der Waals surface area contributed by atoms with Crippen molar-refractivity contribution in [2.45, 2.75) is 78.1 Å². The zero-order chi connectivity index (χ0) is 33.4. The van der Waals surface area contributed by atoms with E-state index in [0.717, 1.165) is 10.9 Å². The Labute approximate surface area is 265 Å². The van der Waals surface area contributed by atoms with E-state index in [9.17, 15) is 24.3 Å². The van der Waals surface area contributed by atoms with E-state index in [1.807, 2.05) is 84.0 Å². The molecule has 0 fully saturated rings. The van der Waals surface area contributed by atoms with Crippen molar-refractivity contribution in [3.8, 4) is 0 Å². The third kappa shape index (κ3) is 11.5. The van der Waals surface area contributed by atoms with E-state index in [0.29, 0.717) is 12.1 Å². The van der Waals surface area contributed by atoms with Gasteiger partial charge in [-0.15, -0.1) is 0 Å². The van der Waals surface area contributed by atoms with Crippen LogP contribution in [-0.4, -0.2) is 75.6 Å². The zero-order valence-corrected chi connectivity index (χ0v) is 27.0. The summed E-state index contributed by atoms with van der Waals surface area (Å²) >= 11 is 0. The number of fused-ring (bicyclic) bond motifs is 1. The maximum atomic E-state index is 13.6. The van der Waals surface area contributed by atoms with Crippen molar-refractivity contribution in [1.29, 1.82) is 0 Å². The smallest absolute Gasteiger partial charge is 0.317 e. The van der Waals surface area contributed by atoms with Gasteiger partial charge in [-0.25, -0.2) is 9.78 Å². The van der Waals surface area contributed by atoms with Crippen LogP contribution in [-0.2, 0) is 16.0 Å². The predicted molar refractivity (Wildman–Crippen MR) is 174 cm³/mol. The molecule has 6 N–H and O–H groups in total. The number of aromatic nitrogens is 1. The number of hydrogen-bond acceptors (Lipinski definition) is 6. The minimum absolute atomic E-state index is 0.0690. The van der Waals surface area contributed by atoms with Gasteiger partial charge in [0.2, 0.25) is 11.8 Å². The third-order valence-electron chi connectivity index (χ3n) is 6.79. The number of carbonyl (C=O) groups is 4. The Morgan fingerprint density at radius 2 is 1.53 bits per heavy atom. The first-order chi connectivity index (χ1) is 21.0. The highest BCUT2D eigenvalue weighted by Crippen LogP contribution is 2.18. The maximum absolute atomic E-state index is 13.6. The van der Waals surface area contributed by atoms with Crippen LogP contribution in [0.1, 0.15) is 64.0 Å². The van der Waals surface area contributed by atoms with Gasteiger partial charge in [-0.2, -0.15) is 0 Å². The molecule has 3 atom stereocenters. The summed E-state index contributed by atoms with van der Waals surface area (Å²) in [4.78, 5) is 57.9. The summed E-state index contributed by atoms with van der Waals surface area (Å²) in [6, 6.07) is 17.3. The van der Waals surface area contributed by atoms with Crippen molar-refractivity contribution in [3.63, 3.8) is 0 Å². The number of aliphatic hydroxyl groups is 1. The summed E-state index contributed by atoms with van der Waals surface area (Å²) in [6.07, 6.45) is -1.44. The summed E-state index contributed by atoms with van der Waals surface area (Å²) in [5.41, 5.74) is 6.18. The summed E-state index contributed by atoms with van der Waals surface area (Å²) < 4.78 is 0. The van der Waals surface area contributed by atoms with Crippen molar-refractivity contribution < 1.29 is 24.3 Å². The minimum Gasteiger partial charge on any atom is -0.389 e. The molecule has 0 aliphatic carbocycles. The first-order valence-corrected chi connectivity index (χ1v) is 15.1. The molecular formula is C34H46N6O5. The lowest BCUT2D eigenvalue weighted by molar-refractivity contribution is -0.128. The number of urea groups is 1. The van der Waals surface area contributed by atoms with E-state index in [4.69, 9.17) is 5.73 Å². The van der Waals surface area contributed by atoms with E-state index in [-0.39, 0.29) is 30.1 Å². The van der Waals surface area contributed by atoms with Gasteiger partial charge in [0.15, 0.2) is 0 Å². The lowest BCUT2D eigenvalue weighted by atomic mass is 9.95. The predicted octanol–water partition coefficient (Wildman–Crippen LogP) is 3.15. The van der Waals surface area contributed by atoms with Crippen LogP contribution in [0, 0.1) is 5.41 Å². The summed E-state index contributed by atoms with van der Waals surface area (Å²) in [5, 5.41) is 20.7. The first kappa shape index (κ1) is 35.0. The second kappa shape index (κ2) is 15.0. The van der Waals surface area contributed by atoms with Crippen LogP contribution in [0.5, 0.6) is 0 Å². The molecule has 0 spiro atoms. The van der Waals surface area contributed by atoms with Gasteiger partial charge < -0.3 is 31.7 Å². The van der Waals surface area contributed by atoms with Gasteiger partial charge in [0.1, 0.15) is 11.7 Å². The fraction of sp³-hybridized carbons (Fsp3) is 0.441. The monoisotopic (exact) mass is 618 g/mol. The molecule has 11 nitrogen and oxygen atoms in total. The molecule has 0 saturated heterocycles. The number of para-hydroxylation sites is 1. The highest BCUT2D eigenvalue weighted by molar-refractivity contribution is 5.99. The molecule has 242 valence electrons. The van der Waals surface area contributed by atoms with Crippen molar-refractivity contribution in [2.24, 2.45) is 11.1 Å². The minimum atomic E-state index is -1.33. The normalized spacial score (nSPS) is 13.8. The maximum Gasteiger partial charge on any atom is 0.317 e. The molecule has 0 bridgehead atoms. The number of hydrogen-bond donors (Lipinski definition) is 5. The number of nitrogens with one attached hydrogen (secondary N) is 3. The summed E-state index contributed by atoms with van der Waals surface area (Å²) in [5.74, 6) is -2.15. The molecule has 0 saturated carbocycles. The fourth-order valence-corrected chi connectivity index (χ4v) is 4.81. The van der Waals surface area contributed by atoms with Crippen LogP contribution >= 0.6 is 0 Å². The number of pyridine rings is 1.